The average molecular weight is 197 g/mol. The van der Waals surface area contributed by atoms with Gasteiger partial charge in [-0.1, -0.05) is 6.07 Å². The molecule has 0 fully saturated rings. The predicted octanol–water partition coefficient (Wildman–Crippen LogP) is 2.13. The van der Waals surface area contributed by atoms with E-state index in [9.17, 15) is 8.78 Å². The fourth-order valence-electron chi connectivity index (χ4n) is 1.32. The molecule has 4 heteroatoms. The Kier molecular flexibility index (Phi) is 2.19. The van der Waals surface area contributed by atoms with E-state index in [1.807, 2.05) is 0 Å². The highest BCUT2D eigenvalue weighted by atomic mass is 19.1. The summed E-state index contributed by atoms with van der Waals surface area (Å²) in [5, 5.41) is 0. The van der Waals surface area contributed by atoms with Crippen molar-refractivity contribution in [2.45, 2.75) is 13.0 Å². The SMILES string of the molecule is CC1CN=C(c2c(F)cccc2F)O1. The van der Waals surface area contributed by atoms with Gasteiger partial charge in [0.2, 0.25) is 5.90 Å². The van der Waals surface area contributed by atoms with Gasteiger partial charge in [0, 0.05) is 0 Å². The molecule has 14 heavy (non-hydrogen) atoms. The standard InChI is InChI=1S/C10H9F2NO/c1-6-5-13-10(14-6)9-7(11)3-2-4-8(9)12/h2-4,6H,5H2,1H3. The summed E-state index contributed by atoms with van der Waals surface area (Å²) >= 11 is 0. The first-order valence-electron chi connectivity index (χ1n) is 4.34. The van der Waals surface area contributed by atoms with Crippen molar-refractivity contribution in [3.8, 4) is 0 Å². The second kappa shape index (κ2) is 3.36. The fraction of sp³-hybridized carbons (Fsp3) is 0.300. The number of aliphatic imine (C=N–C) groups is 1. The van der Waals surface area contributed by atoms with Crippen molar-refractivity contribution in [1.82, 2.24) is 0 Å². The molecule has 1 aliphatic rings. The molecule has 0 aliphatic carbocycles. The van der Waals surface area contributed by atoms with E-state index in [1.54, 1.807) is 6.92 Å². The lowest BCUT2D eigenvalue weighted by Crippen LogP contribution is -2.11. The van der Waals surface area contributed by atoms with Crippen LogP contribution in [0, 0.1) is 11.6 Å². The van der Waals surface area contributed by atoms with E-state index in [0.717, 1.165) is 0 Å². The highest BCUT2D eigenvalue weighted by Crippen LogP contribution is 2.18. The minimum atomic E-state index is -0.641. The number of hydrogen-bond donors (Lipinski definition) is 0. The van der Waals surface area contributed by atoms with Gasteiger partial charge < -0.3 is 4.74 Å². The molecule has 2 rings (SSSR count). The van der Waals surface area contributed by atoms with Gasteiger partial charge in [-0.15, -0.1) is 0 Å². The van der Waals surface area contributed by atoms with Gasteiger partial charge >= 0.3 is 0 Å². The van der Waals surface area contributed by atoms with E-state index < -0.39 is 11.6 Å². The van der Waals surface area contributed by atoms with Crippen molar-refractivity contribution >= 4 is 5.90 Å². The second-order valence-electron chi connectivity index (χ2n) is 3.17. The van der Waals surface area contributed by atoms with Crippen molar-refractivity contribution in [2.24, 2.45) is 4.99 Å². The number of benzene rings is 1. The second-order valence-corrected chi connectivity index (χ2v) is 3.17. The third kappa shape index (κ3) is 1.47. The van der Waals surface area contributed by atoms with Crippen LogP contribution < -0.4 is 0 Å². The van der Waals surface area contributed by atoms with Gasteiger partial charge in [0.25, 0.3) is 0 Å². The van der Waals surface area contributed by atoms with Gasteiger partial charge in [0.15, 0.2) is 0 Å². The smallest absolute Gasteiger partial charge is 0.222 e. The van der Waals surface area contributed by atoms with E-state index in [2.05, 4.69) is 4.99 Å². The first-order valence-corrected chi connectivity index (χ1v) is 4.34. The molecule has 2 nitrogen and oxygen atoms in total. The molecule has 0 radical (unpaired) electrons. The zero-order chi connectivity index (χ0) is 10.1. The number of ether oxygens (including phenoxy) is 1. The van der Waals surface area contributed by atoms with Gasteiger partial charge in [0.05, 0.1) is 6.54 Å². The number of hydrogen-bond acceptors (Lipinski definition) is 2. The fourth-order valence-corrected chi connectivity index (χ4v) is 1.32. The molecule has 1 atom stereocenters. The zero-order valence-electron chi connectivity index (χ0n) is 7.63. The molecule has 1 aliphatic heterocycles. The topological polar surface area (TPSA) is 21.6 Å². The van der Waals surface area contributed by atoms with Crippen LogP contribution in [-0.2, 0) is 4.74 Å². The monoisotopic (exact) mass is 197 g/mol. The molecular weight excluding hydrogens is 188 g/mol. The first kappa shape index (κ1) is 9.12. The summed E-state index contributed by atoms with van der Waals surface area (Å²) in [6.45, 7) is 2.25. The van der Waals surface area contributed by atoms with Gasteiger partial charge in [-0.3, -0.25) is 0 Å². The Morgan fingerprint density at radius 1 is 1.36 bits per heavy atom. The van der Waals surface area contributed by atoms with Crippen molar-refractivity contribution in [1.29, 1.82) is 0 Å². The average Bonchev–Trinajstić information content (AvgIpc) is 2.51. The lowest BCUT2D eigenvalue weighted by atomic mass is 10.2. The molecule has 74 valence electrons. The van der Waals surface area contributed by atoms with Crippen LogP contribution in [0.15, 0.2) is 23.2 Å². The van der Waals surface area contributed by atoms with E-state index in [1.165, 1.54) is 18.2 Å². The molecule has 1 heterocycles. The van der Waals surface area contributed by atoms with Crippen molar-refractivity contribution in [3.63, 3.8) is 0 Å². The van der Waals surface area contributed by atoms with E-state index >= 15 is 0 Å². The molecule has 0 saturated carbocycles. The minimum absolute atomic E-state index is 0.0631. The summed E-state index contributed by atoms with van der Waals surface area (Å²) in [6, 6.07) is 3.69. The molecule has 0 aromatic heterocycles. The molecular formula is C10H9F2NO. The number of nitrogens with zero attached hydrogens (tertiary/aromatic N) is 1. The zero-order valence-corrected chi connectivity index (χ0v) is 7.63. The largest absolute Gasteiger partial charge is 0.472 e. The molecule has 0 amide bonds. The summed E-state index contributed by atoms with van der Waals surface area (Å²) in [4.78, 5) is 3.92. The van der Waals surface area contributed by atoms with Gasteiger partial charge in [-0.25, -0.2) is 13.8 Å². The Morgan fingerprint density at radius 3 is 2.50 bits per heavy atom. The minimum Gasteiger partial charge on any atom is -0.472 e. The third-order valence-electron chi connectivity index (χ3n) is 1.98. The van der Waals surface area contributed by atoms with Crippen LogP contribution in [0.2, 0.25) is 0 Å². The maximum Gasteiger partial charge on any atom is 0.222 e. The summed E-state index contributed by atoms with van der Waals surface area (Å²) in [7, 11) is 0. The first-order chi connectivity index (χ1) is 6.68. The maximum atomic E-state index is 13.2. The molecule has 0 bridgehead atoms. The Bertz CT molecular complexity index is 369. The van der Waals surface area contributed by atoms with Crippen LogP contribution in [0.3, 0.4) is 0 Å². The van der Waals surface area contributed by atoms with Crippen LogP contribution in [0.1, 0.15) is 12.5 Å². The summed E-state index contributed by atoms with van der Waals surface area (Å²) in [5.41, 5.74) is -0.170. The molecule has 0 N–H and O–H groups in total. The van der Waals surface area contributed by atoms with Gasteiger partial charge in [0.1, 0.15) is 23.3 Å². The van der Waals surface area contributed by atoms with E-state index in [-0.39, 0.29) is 17.6 Å². The molecule has 1 unspecified atom stereocenters. The highest BCUT2D eigenvalue weighted by Gasteiger charge is 2.22. The van der Waals surface area contributed by atoms with Crippen LogP contribution in [-0.4, -0.2) is 18.5 Å². The van der Waals surface area contributed by atoms with Crippen molar-refractivity contribution < 1.29 is 13.5 Å². The summed E-state index contributed by atoms with van der Waals surface area (Å²) in [6.07, 6.45) is -0.107. The van der Waals surface area contributed by atoms with E-state index in [0.29, 0.717) is 6.54 Å². The lowest BCUT2D eigenvalue weighted by Gasteiger charge is -2.06. The Balaban J connectivity index is 2.42. The van der Waals surface area contributed by atoms with Crippen molar-refractivity contribution in [2.75, 3.05) is 6.54 Å². The summed E-state index contributed by atoms with van der Waals surface area (Å²) in [5.74, 6) is -1.22. The van der Waals surface area contributed by atoms with Crippen LogP contribution in [0.25, 0.3) is 0 Å². The van der Waals surface area contributed by atoms with Crippen molar-refractivity contribution in [3.05, 3.63) is 35.4 Å². The molecule has 1 aromatic carbocycles. The number of halogens is 2. The van der Waals surface area contributed by atoms with Crippen LogP contribution in [0.5, 0.6) is 0 Å². The lowest BCUT2D eigenvalue weighted by molar-refractivity contribution is 0.245. The van der Waals surface area contributed by atoms with Crippen LogP contribution >= 0.6 is 0 Å². The molecule has 0 saturated heterocycles. The number of rotatable bonds is 1. The highest BCUT2D eigenvalue weighted by molar-refractivity contribution is 5.95. The Hall–Kier alpha value is -1.45. The normalized spacial score (nSPS) is 20.5. The molecule has 0 spiro atoms. The van der Waals surface area contributed by atoms with Gasteiger partial charge in [-0.05, 0) is 19.1 Å². The maximum absolute atomic E-state index is 13.2. The van der Waals surface area contributed by atoms with Gasteiger partial charge in [-0.2, -0.15) is 0 Å². The Labute approximate surface area is 80.2 Å². The summed E-state index contributed by atoms with van der Waals surface area (Å²) < 4.78 is 31.6. The third-order valence-corrected chi connectivity index (χ3v) is 1.98. The quantitative estimate of drug-likeness (QED) is 0.675. The van der Waals surface area contributed by atoms with E-state index in [4.69, 9.17) is 4.74 Å². The Morgan fingerprint density at radius 2 is 2.00 bits per heavy atom. The van der Waals surface area contributed by atoms with Crippen LogP contribution in [0.4, 0.5) is 8.78 Å². The molecule has 1 aromatic rings. The predicted molar refractivity (Wildman–Crippen MR) is 48.3 cm³/mol.